The Balaban J connectivity index is 2.28. The quantitative estimate of drug-likeness (QED) is 0.693. The van der Waals surface area contributed by atoms with Gasteiger partial charge in [0, 0.05) is 30.6 Å². The molecule has 1 aliphatic carbocycles. The Morgan fingerprint density at radius 1 is 1.29 bits per heavy atom. The van der Waals surface area contributed by atoms with Crippen molar-refractivity contribution >= 4 is 11.6 Å². The van der Waals surface area contributed by atoms with Gasteiger partial charge >= 0.3 is 0 Å². The van der Waals surface area contributed by atoms with Gasteiger partial charge in [-0.2, -0.15) is 0 Å². The monoisotopic (exact) mass is 217 g/mol. The normalized spacial score (nSPS) is 21.6. The van der Waals surface area contributed by atoms with Crippen molar-refractivity contribution in [2.75, 3.05) is 19.7 Å². The van der Waals surface area contributed by atoms with Crippen molar-refractivity contribution in [3.8, 4) is 0 Å². The van der Waals surface area contributed by atoms with Crippen LogP contribution in [-0.4, -0.2) is 24.8 Å². The van der Waals surface area contributed by atoms with E-state index in [9.17, 15) is 5.11 Å². The Labute approximate surface area is 91.3 Å². The molecule has 0 aliphatic heterocycles. The third-order valence-corrected chi connectivity index (χ3v) is 3.28. The predicted octanol–water partition coefficient (Wildman–Crippen LogP) is 2.27. The molecular formula is C11H20ClNO. The summed E-state index contributed by atoms with van der Waals surface area (Å²) < 4.78 is 0. The zero-order valence-electron chi connectivity index (χ0n) is 8.64. The molecule has 3 heteroatoms. The van der Waals surface area contributed by atoms with Crippen LogP contribution >= 0.6 is 11.6 Å². The maximum absolute atomic E-state index is 9.41. The topological polar surface area (TPSA) is 32.3 Å². The van der Waals surface area contributed by atoms with E-state index in [1.807, 2.05) is 6.08 Å². The first kappa shape index (κ1) is 12.0. The molecule has 2 N–H and O–H groups in total. The maximum atomic E-state index is 9.41. The number of halogens is 1. The van der Waals surface area contributed by atoms with Crippen molar-refractivity contribution in [2.24, 2.45) is 5.41 Å². The fraction of sp³-hybridized carbons (Fsp3) is 0.818. The molecule has 1 saturated carbocycles. The number of aliphatic hydroxyl groups is 1. The zero-order chi connectivity index (χ0) is 10.3. The van der Waals surface area contributed by atoms with E-state index in [-0.39, 0.29) is 5.41 Å². The van der Waals surface area contributed by atoms with Crippen LogP contribution in [0.4, 0.5) is 0 Å². The zero-order valence-corrected chi connectivity index (χ0v) is 9.39. The lowest BCUT2D eigenvalue weighted by atomic mass is 9.74. The molecule has 0 amide bonds. The number of hydrogen-bond acceptors (Lipinski definition) is 2. The van der Waals surface area contributed by atoms with Crippen molar-refractivity contribution in [1.29, 1.82) is 0 Å². The van der Waals surface area contributed by atoms with Gasteiger partial charge in [0.2, 0.25) is 0 Å². The first-order valence-corrected chi connectivity index (χ1v) is 5.83. The maximum Gasteiger partial charge on any atom is 0.0499 e. The Morgan fingerprint density at radius 2 is 2.00 bits per heavy atom. The van der Waals surface area contributed by atoms with E-state index < -0.39 is 0 Å². The van der Waals surface area contributed by atoms with Crippen molar-refractivity contribution in [1.82, 2.24) is 5.32 Å². The molecule has 0 atom stereocenters. The molecule has 1 aliphatic rings. The number of hydrogen-bond donors (Lipinski definition) is 2. The van der Waals surface area contributed by atoms with Crippen molar-refractivity contribution in [3.05, 3.63) is 11.6 Å². The fourth-order valence-electron chi connectivity index (χ4n) is 2.16. The van der Waals surface area contributed by atoms with Crippen molar-refractivity contribution in [2.45, 2.75) is 32.1 Å². The van der Waals surface area contributed by atoms with Gasteiger partial charge in [0.25, 0.3) is 0 Å². The van der Waals surface area contributed by atoms with Gasteiger partial charge in [0.05, 0.1) is 0 Å². The largest absolute Gasteiger partial charge is 0.396 e. The molecule has 14 heavy (non-hydrogen) atoms. The van der Waals surface area contributed by atoms with Crippen LogP contribution in [0.25, 0.3) is 0 Å². The van der Waals surface area contributed by atoms with Gasteiger partial charge in [-0.1, -0.05) is 36.9 Å². The third kappa shape index (κ3) is 3.60. The van der Waals surface area contributed by atoms with Gasteiger partial charge in [-0.15, -0.1) is 0 Å². The number of nitrogens with one attached hydrogen (secondary N) is 1. The molecule has 1 rings (SSSR count). The van der Waals surface area contributed by atoms with Crippen LogP contribution in [0, 0.1) is 5.41 Å². The molecule has 0 unspecified atom stereocenters. The van der Waals surface area contributed by atoms with E-state index in [1.54, 1.807) is 0 Å². The van der Waals surface area contributed by atoms with Crippen molar-refractivity contribution in [3.63, 3.8) is 0 Å². The van der Waals surface area contributed by atoms with Crippen LogP contribution in [0.2, 0.25) is 0 Å². The minimum Gasteiger partial charge on any atom is -0.396 e. The second-order valence-electron chi connectivity index (χ2n) is 4.21. The molecule has 0 aromatic heterocycles. The lowest BCUT2D eigenvalue weighted by Gasteiger charge is -2.35. The minimum absolute atomic E-state index is 0.137. The lowest BCUT2D eigenvalue weighted by Crippen LogP contribution is -2.39. The molecule has 1 fully saturated rings. The standard InChI is InChI=1S/C11H20ClNO/c12-7-4-8-13-9-11(10-14)5-2-1-3-6-11/h4,7,13-14H,1-3,5-6,8-10H2/b7-4+. The number of aliphatic hydroxyl groups excluding tert-OH is 1. The van der Waals surface area contributed by atoms with Gasteiger partial charge in [-0.25, -0.2) is 0 Å². The Hall–Kier alpha value is -0.0500. The number of rotatable bonds is 5. The molecular weight excluding hydrogens is 198 g/mol. The predicted molar refractivity (Wildman–Crippen MR) is 60.5 cm³/mol. The highest BCUT2D eigenvalue weighted by Gasteiger charge is 2.30. The molecule has 2 nitrogen and oxygen atoms in total. The van der Waals surface area contributed by atoms with Crippen LogP contribution in [0.3, 0.4) is 0 Å². The summed E-state index contributed by atoms with van der Waals surface area (Å²) in [5.74, 6) is 0. The molecule has 0 aromatic carbocycles. The van der Waals surface area contributed by atoms with Gasteiger partial charge in [0.15, 0.2) is 0 Å². The van der Waals surface area contributed by atoms with E-state index in [4.69, 9.17) is 11.6 Å². The Bertz CT molecular complexity index is 176. The summed E-state index contributed by atoms with van der Waals surface area (Å²) in [6, 6.07) is 0. The van der Waals surface area contributed by atoms with E-state index in [1.165, 1.54) is 24.8 Å². The molecule has 82 valence electrons. The summed E-state index contributed by atoms with van der Waals surface area (Å²) in [5.41, 5.74) is 1.66. The molecule has 0 heterocycles. The third-order valence-electron chi connectivity index (χ3n) is 3.10. The van der Waals surface area contributed by atoms with Crippen LogP contribution in [0.1, 0.15) is 32.1 Å². The lowest BCUT2D eigenvalue weighted by molar-refractivity contribution is 0.0824. The second-order valence-corrected chi connectivity index (χ2v) is 4.46. The molecule has 0 bridgehead atoms. The van der Waals surface area contributed by atoms with E-state index in [0.29, 0.717) is 6.61 Å². The van der Waals surface area contributed by atoms with Crippen LogP contribution in [0.15, 0.2) is 11.6 Å². The highest BCUT2D eigenvalue weighted by Crippen LogP contribution is 2.35. The summed E-state index contributed by atoms with van der Waals surface area (Å²) in [5, 5.41) is 12.7. The summed E-state index contributed by atoms with van der Waals surface area (Å²) in [4.78, 5) is 0. The van der Waals surface area contributed by atoms with Crippen LogP contribution in [-0.2, 0) is 0 Å². The summed E-state index contributed by atoms with van der Waals surface area (Å²) >= 11 is 5.42. The Morgan fingerprint density at radius 3 is 2.57 bits per heavy atom. The van der Waals surface area contributed by atoms with E-state index in [0.717, 1.165) is 25.9 Å². The fourth-order valence-corrected chi connectivity index (χ4v) is 2.25. The highest BCUT2D eigenvalue weighted by molar-refractivity contribution is 6.25. The van der Waals surface area contributed by atoms with Crippen LogP contribution in [0.5, 0.6) is 0 Å². The molecule has 0 spiro atoms. The first-order chi connectivity index (χ1) is 6.83. The molecule has 0 radical (unpaired) electrons. The average Bonchev–Trinajstić information content (AvgIpc) is 2.26. The summed E-state index contributed by atoms with van der Waals surface area (Å²) in [6.07, 6.45) is 8.03. The molecule has 0 saturated heterocycles. The van der Waals surface area contributed by atoms with Crippen LogP contribution < -0.4 is 5.32 Å². The molecule has 0 aromatic rings. The first-order valence-electron chi connectivity index (χ1n) is 5.40. The van der Waals surface area contributed by atoms with Gasteiger partial charge in [0.1, 0.15) is 0 Å². The summed E-state index contributed by atoms with van der Waals surface area (Å²) in [6.45, 7) is 2.01. The van der Waals surface area contributed by atoms with E-state index >= 15 is 0 Å². The van der Waals surface area contributed by atoms with E-state index in [2.05, 4.69) is 5.32 Å². The second kappa shape index (κ2) is 6.44. The van der Waals surface area contributed by atoms with Gasteiger partial charge in [-0.05, 0) is 12.8 Å². The Kier molecular flexibility index (Phi) is 5.53. The SMILES string of the molecule is OCC1(CNC/C=C/Cl)CCCCC1. The average molecular weight is 218 g/mol. The highest BCUT2D eigenvalue weighted by atomic mass is 35.5. The van der Waals surface area contributed by atoms with Gasteiger partial charge in [-0.3, -0.25) is 0 Å². The summed E-state index contributed by atoms with van der Waals surface area (Å²) in [7, 11) is 0. The smallest absolute Gasteiger partial charge is 0.0499 e. The van der Waals surface area contributed by atoms with Gasteiger partial charge < -0.3 is 10.4 Å². The minimum atomic E-state index is 0.137. The van der Waals surface area contributed by atoms with Crippen molar-refractivity contribution < 1.29 is 5.11 Å².